The first-order chi connectivity index (χ1) is 14.0. The smallest absolute Gasteiger partial charge is 0.310 e. The van der Waals surface area contributed by atoms with Crippen molar-refractivity contribution in [1.82, 2.24) is 15.1 Å². The summed E-state index contributed by atoms with van der Waals surface area (Å²) in [5.41, 5.74) is 2.62. The molecule has 3 rings (SSSR count). The minimum absolute atomic E-state index is 0.298. The number of hydrogen-bond donors (Lipinski definition) is 2. The third-order valence-electron chi connectivity index (χ3n) is 5.51. The first kappa shape index (κ1) is 20.7. The van der Waals surface area contributed by atoms with E-state index in [4.69, 9.17) is 5.10 Å². The number of halogens is 1. The zero-order chi connectivity index (χ0) is 20.9. The van der Waals surface area contributed by atoms with Gasteiger partial charge in [0, 0.05) is 30.4 Å². The van der Waals surface area contributed by atoms with Crippen molar-refractivity contribution in [3.63, 3.8) is 0 Å². The number of aliphatic carboxylic acids is 1. The predicted molar refractivity (Wildman–Crippen MR) is 111 cm³/mol. The van der Waals surface area contributed by atoms with Crippen LogP contribution in [0.15, 0.2) is 60.8 Å². The summed E-state index contributed by atoms with van der Waals surface area (Å²) in [7, 11) is 0. The number of rotatable bonds is 9. The monoisotopic (exact) mass is 395 g/mol. The van der Waals surface area contributed by atoms with E-state index in [-0.39, 0.29) is 5.82 Å². The first-order valence-electron chi connectivity index (χ1n) is 9.83. The Morgan fingerprint density at radius 1 is 1.10 bits per heavy atom. The van der Waals surface area contributed by atoms with E-state index in [1.54, 1.807) is 16.8 Å². The van der Waals surface area contributed by atoms with Crippen LogP contribution in [-0.4, -0.2) is 27.4 Å². The molecule has 0 bridgehead atoms. The number of aromatic nitrogens is 2. The lowest BCUT2D eigenvalue weighted by Gasteiger charge is -2.27. The van der Waals surface area contributed by atoms with Crippen LogP contribution in [0.3, 0.4) is 0 Å². The summed E-state index contributed by atoms with van der Waals surface area (Å²) in [6.07, 6.45) is 3.04. The third kappa shape index (κ3) is 4.54. The molecule has 0 amide bonds. The van der Waals surface area contributed by atoms with Gasteiger partial charge in [0.05, 0.1) is 16.8 Å². The average molecular weight is 395 g/mol. The minimum Gasteiger partial charge on any atom is -0.481 e. The summed E-state index contributed by atoms with van der Waals surface area (Å²) >= 11 is 0. The highest BCUT2D eigenvalue weighted by Crippen LogP contribution is 2.27. The van der Waals surface area contributed by atoms with Crippen LogP contribution in [-0.2, 0) is 11.3 Å². The van der Waals surface area contributed by atoms with Crippen LogP contribution in [0.4, 0.5) is 4.39 Å². The van der Waals surface area contributed by atoms with Gasteiger partial charge in [0.15, 0.2) is 0 Å². The molecule has 0 saturated carbocycles. The Labute approximate surface area is 170 Å². The molecule has 1 heterocycles. The summed E-state index contributed by atoms with van der Waals surface area (Å²) in [6, 6.07) is 16.0. The molecular weight excluding hydrogens is 369 g/mol. The van der Waals surface area contributed by atoms with Crippen molar-refractivity contribution in [2.45, 2.75) is 33.2 Å². The lowest BCUT2D eigenvalue weighted by Crippen LogP contribution is -2.40. The third-order valence-corrected chi connectivity index (χ3v) is 5.51. The maximum atomic E-state index is 13.4. The van der Waals surface area contributed by atoms with Gasteiger partial charge in [0.25, 0.3) is 0 Å². The second-order valence-electron chi connectivity index (χ2n) is 7.19. The van der Waals surface area contributed by atoms with E-state index >= 15 is 0 Å². The Bertz CT molecular complexity index is 948. The largest absolute Gasteiger partial charge is 0.481 e. The van der Waals surface area contributed by atoms with Crippen molar-refractivity contribution in [2.24, 2.45) is 5.41 Å². The van der Waals surface area contributed by atoms with Crippen LogP contribution in [0.2, 0.25) is 0 Å². The van der Waals surface area contributed by atoms with Crippen LogP contribution in [0.1, 0.15) is 32.3 Å². The van der Waals surface area contributed by atoms with Crippen molar-refractivity contribution in [2.75, 3.05) is 6.54 Å². The molecule has 0 fully saturated rings. The van der Waals surface area contributed by atoms with Crippen LogP contribution < -0.4 is 5.32 Å². The molecular formula is C23H26FN3O2. The van der Waals surface area contributed by atoms with Crippen molar-refractivity contribution < 1.29 is 14.3 Å². The zero-order valence-corrected chi connectivity index (χ0v) is 16.7. The minimum atomic E-state index is -0.786. The van der Waals surface area contributed by atoms with Gasteiger partial charge in [-0.1, -0.05) is 32.0 Å². The Balaban J connectivity index is 1.89. The fourth-order valence-electron chi connectivity index (χ4n) is 3.42. The molecule has 0 radical (unpaired) electrons. The molecule has 0 atom stereocenters. The van der Waals surface area contributed by atoms with Crippen molar-refractivity contribution in [1.29, 1.82) is 0 Å². The fourth-order valence-corrected chi connectivity index (χ4v) is 3.42. The van der Waals surface area contributed by atoms with Crippen LogP contribution in [0.5, 0.6) is 0 Å². The molecule has 0 aliphatic heterocycles. The first-order valence-corrected chi connectivity index (χ1v) is 9.83. The Kier molecular flexibility index (Phi) is 6.44. The number of para-hydroxylation sites is 1. The molecule has 6 heteroatoms. The van der Waals surface area contributed by atoms with Gasteiger partial charge in [0.1, 0.15) is 5.82 Å². The molecule has 0 saturated heterocycles. The molecule has 0 aliphatic rings. The average Bonchev–Trinajstić information content (AvgIpc) is 3.16. The van der Waals surface area contributed by atoms with Crippen molar-refractivity contribution in [3.8, 4) is 16.9 Å². The van der Waals surface area contributed by atoms with Gasteiger partial charge in [-0.3, -0.25) is 4.79 Å². The van der Waals surface area contributed by atoms with Gasteiger partial charge in [-0.05, 0) is 49.2 Å². The Morgan fingerprint density at radius 2 is 1.76 bits per heavy atom. The number of carboxylic acids is 1. The van der Waals surface area contributed by atoms with Gasteiger partial charge < -0.3 is 10.4 Å². The second-order valence-corrected chi connectivity index (χ2v) is 7.19. The van der Waals surface area contributed by atoms with Crippen LogP contribution >= 0.6 is 0 Å². The van der Waals surface area contributed by atoms with Crippen molar-refractivity contribution >= 4 is 5.97 Å². The Morgan fingerprint density at radius 3 is 2.34 bits per heavy atom. The highest BCUT2D eigenvalue weighted by molar-refractivity contribution is 5.74. The van der Waals surface area contributed by atoms with E-state index in [0.717, 1.165) is 22.5 Å². The predicted octanol–water partition coefficient (Wildman–Crippen LogP) is 4.66. The van der Waals surface area contributed by atoms with Crippen LogP contribution in [0, 0.1) is 11.2 Å². The molecule has 2 aromatic carbocycles. The lowest BCUT2D eigenvalue weighted by atomic mass is 9.82. The molecule has 2 N–H and O–H groups in total. The summed E-state index contributed by atoms with van der Waals surface area (Å²) < 4.78 is 15.2. The number of benzene rings is 2. The van der Waals surface area contributed by atoms with E-state index in [0.29, 0.717) is 25.9 Å². The zero-order valence-electron chi connectivity index (χ0n) is 16.7. The Hall–Kier alpha value is -2.99. The maximum absolute atomic E-state index is 13.4. The van der Waals surface area contributed by atoms with E-state index in [1.165, 1.54) is 12.1 Å². The fraction of sp³-hybridized carbons (Fsp3) is 0.304. The standard InChI is InChI=1S/C23H26FN3O2/c1-3-23(4-2,22(28)29)16-25-14-18-15-27(20-8-6-5-7-9-20)26-21(18)17-10-12-19(24)13-11-17/h5-13,15,25H,3-4,14,16H2,1-2H3,(H,28,29). The van der Waals surface area contributed by atoms with Gasteiger partial charge in [-0.2, -0.15) is 5.10 Å². The summed E-state index contributed by atoms with van der Waals surface area (Å²) in [6.45, 7) is 4.64. The molecule has 29 heavy (non-hydrogen) atoms. The molecule has 0 aliphatic carbocycles. The number of hydrogen-bond acceptors (Lipinski definition) is 3. The number of carbonyl (C=O) groups is 1. The summed E-state index contributed by atoms with van der Waals surface area (Å²) in [5, 5.41) is 17.7. The maximum Gasteiger partial charge on any atom is 0.310 e. The van der Waals surface area contributed by atoms with Gasteiger partial charge in [-0.25, -0.2) is 9.07 Å². The van der Waals surface area contributed by atoms with Gasteiger partial charge in [0.2, 0.25) is 0 Å². The molecule has 0 unspecified atom stereocenters. The highest BCUT2D eigenvalue weighted by Gasteiger charge is 2.34. The van der Waals surface area contributed by atoms with Crippen molar-refractivity contribution in [3.05, 3.63) is 72.2 Å². The second kappa shape index (κ2) is 9.01. The van der Waals surface area contributed by atoms with E-state index in [1.807, 2.05) is 50.4 Å². The molecule has 0 spiro atoms. The molecule has 152 valence electrons. The number of nitrogens with zero attached hydrogens (tertiary/aromatic N) is 2. The molecule has 1 aromatic heterocycles. The normalized spacial score (nSPS) is 11.6. The SMILES string of the molecule is CCC(CC)(CNCc1cn(-c2ccccc2)nc1-c1ccc(F)cc1)C(=O)O. The number of nitrogens with one attached hydrogen (secondary N) is 1. The quantitative estimate of drug-likeness (QED) is 0.553. The van der Waals surface area contributed by atoms with Gasteiger partial charge in [-0.15, -0.1) is 0 Å². The van der Waals surface area contributed by atoms with Crippen LogP contribution in [0.25, 0.3) is 16.9 Å². The lowest BCUT2D eigenvalue weighted by molar-refractivity contribution is -0.149. The summed E-state index contributed by atoms with van der Waals surface area (Å²) in [5.74, 6) is -1.08. The molecule has 5 nitrogen and oxygen atoms in total. The highest BCUT2D eigenvalue weighted by atomic mass is 19.1. The topological polar surface area (TPSA) is 67.2 Å². The van der Waals surface area contributed by atoms with E-state index in [2.05, 4.69) is 5.32 Å². The number of carboxylic acid groups (broad SMARTS) is 1. The van der Waals surface area contributed by atoms with E-state index in [9.17, 15) is 14.3 Å². The van der Waals surface area contributed by atoms with E-state index < -0.39 is 11.4 Å². The van der Waals surface area contributed by atoms with Gasteiger partial charge >= 0.3 is 5.97 Å². The summed E-state index contributed by atoms with van der Waals surface area (Å²) in [4.78, 5) is 11.7. The molecule has 3 aromatic rings.